The lowest BCUT2D eigenvalue weighted by molar-refractivity contribution is -0.121. The molecule has 2 aromatic carbocycles. The van der Waals surface area contributed by atoms with Gasteiger partial charge < -0.3 is 5.32 Å². The molecule has 1 aliphatic heterocycles. The van der Waals surface area contributed by atoms with Gasteiger partial charge in [-0.3, -0.25) is 9.59 Å². The summed E-state index contributed by atoms with van der Waals surface area (Å²) >= 11 is 12.0. The summed E-state index contributed by atoms with van der Waals surface area (Å²) in [5.74, 6) is -0.606. The van der Waals surface area contributed by atoms with E-state index < -0.39 is 6.04 Å². The second-order valence-electron chi connectivity index (χ2n) is 5.43. The van der Waals surface area contributed by atoms with Gasteiger partial charge in [-0.25, -0.2) is 4.90 Å². The fourth-order valence-corrected chi connectivity index (χ4v) is 3.09. The minimum absolute atomic E-state index is 0.0890. The van der Waals surface area contributed by atoms with E-state index in [0.717, 1.165) is 16.2 Å². The van der Waals surface area contributed by atoms with Crippen molar-refractivity contribution in [1.29, 1.82) is 0 Å². The monoisotopic (exact) mass is 348 g/mol. The van der Waals surface area contributed by atoms with Crippen molar-refractivity contribution in [2.24, 2.45) is 0 Å². The number of hydrogen-bond donors (Lipinski definition) is 1. The number of nitrogens with zero attached hydrogens (tertiary/aromatic N) is 1. The number of benzene rings is 2. The van der Waals surface area contributed by atoms with Crippen molar-refractivity contribution in [1.82, 2.24) is 0 Å². The summed E-state index contributed by atoms with van der Waals surface area (Å²) < 4.78 is 0. The van der Waals surface area contributed by atoms with Crippen molar-refractivity contribution in [3.05, 3.63) is 58.1 Å². The molecule has 0 saturated carbocycles. The van der Waals surface area contributed by atoms with Gasteiger partial charge in [0.05, 0.1) is 17.1 Å². The quantitative estimate of drug-likeness (QED) is 0.851. The molecule has 1 N–H and O–H groups in total. The van der Waals surface area contributed by atoms with E-state index in [1.807, 2.05) is 31.2 Å². The van der Waals surface area contributed by atoms with Gasteiger partial charge in [-0.05, 0) is 42.8 Å². The SMILES string of the molecule is Cc1cccc(N[C@@H]2CC(=O)N(c3ccc(Cl)cc3Cl)C2=O)c1. The topological polar surface area (TPSA) is 49.4 Å². The minimum Gasteiger partial charge on any atom is -0.373 e. The highest BCUT2D eigenvalue weighted by molar-refractivity contribution is 6.38. The fraction of sp³-hybridized carbons (Fsp3) is 0.176. The number of anilines is 2. The van der Waals surface area contributed by atoms with Gasteiger partial charge in [-0.2, -0.15) is 0 Å². The fourth-order valence-electron chi connectivity index (χ4n) is 2.60. The van der Waals surface area contributed by atoms with Crippen molar-refractivity contribution in [3.8, 4) is 0 Å². The van der Waals surface area contributed by atoms with Crippen LogP contribution in [0.2, 0.25) is 10.0 Å². The summed E-state index contributed by atoms with van der Waals surface area (Å²) in [6.45, 7) is 1.96. The van der Waals surface area contributed by atoms with Crippen LogP contribution in [0.1, 0.15) is 12.0 Å². The molecule has 2 aromatic rings. The summed E-state index contributed by atoms with van der Waals surface area (Å²) in [5.41, 5.74) is 2.24. The first kappa shape index (κ1) is 15.8. The Morgan fingerprint density at radius 1 is 1.13 bits per heavy atom. The summed E-state index contributed by atoms with van der Waals surface area (Å²) in [6.07, 6.45) is 0.0890. The van der Waals surface area contributed by atoms with E-state index in [2.05, 4.69) is 5.32 Å². The molecule has 0 unspecified atom stereocenters. The van der Waals surface area contributed by atoms with Crippen molar-refractivity contribution in [2.75, 3.05) is 10.2 Å². The van der Waals surface area contributed by atoms with Crippen LogP contribution in [0.3, 0.4) is 0 Å². The van der Waals surface area contributed by atoms with Crippen LogP contribution < -0.4 is 10.2 Å². The summed E-state index contributed by atoms with van der Waals surface area (Å²) in [6, 6.07) is 11.7. The number of nitrogens with one attached hydrogen (secondary N) is 1. The van der Waals surface area contributed by atoms with Crippen LogP contribution in [0.4, 0.5) is 11.4 Å². The van der Waals surface area contributed by atoms with E-state index in [1.54, 1.807) is 12.1 Å². The average molecular weight is 349 g/mol. The van der Waals surface area contributed by atoms with E-state index in [0.29, 0.717) is 10.7 Å². The van der Waals surface area contributed by atoms with E-state index in [9.17, 15) is 9.59 Å². The highest BCUT2D eigenvalue weighted by atomic mass is 35.5. The third-order valence-corrected chi connectivity index (χ3v) is 4.19. The molecule has 4 nitrogen and oxygen atoms in total. The molecule has 3 rings (SSSR count). The number of carbonyl (C=O) groups excluding carboxylic acids is 2. The van der Waals surface area contributed by atoms with Crippen molar-refractivity contribution >= 4 is 46.4 Å². The summed E-state index contributed by atoms with van der Waals surface area (Å²) in [5, 5.41) is 3.84. The van der Waals surface area contributed by atoms with Crippen LogP contribution in [0.15, 0.2) is 42.5 Å². The Labute approximate surface area is 144 Å². The van der Waals surface area contributed by atoms with Gasteiger partial charge >= 0.3 is 0 Å². The first-order chi connectivity index (χ1) is 11.0. The molecule has 0 radical (unpaired) electrons. The second kappa shape index (κ2) is 6.22. The van der Waals surface area contributed by atoms with E-state index in [-0.39, 0.29) is 23.3 Å². The molecule has 6 heteroatoms. The van der Waals surface area contributed by atoms with Gasteiger partial charge in [0.25, 0.3) is 5.91 Å². The number of amides is 2. The molecule has 0 aromatic heterocycles. The lowest BCUT2D eigenvalue weighted by Crippen LogP contribution is -2.35. The smallest absolute Gasteiger partial charge is 0.256 e. The van der Waals surface area contributed by atoms with Crippen LogP contribution in [0.5, 0.6) is 0 Å². The minimum atomic E-state index is -0.601. The van der Waals surface area contributed by atoms with E-state index >= 15 is 0 Å². The molecule has 1 saturated heterocycles. The third-order valence-electron chi connectivity index (χ3n) is 3.66. The lowest BCUT2D eigenvalue weighted by atomic mass is 10.2. The van der Waals surface area contributed by atoms with Gasteiger partial charge in [0.15, 0.2) is 0 Å². The highest BCUT2D eigenvalue weighted by Gasteiger charge is 2.40. The molecule has 0 bridgehead atoms. The number of rotatable bonds is 3. The molecule has 1 fully saturated rings. The maximum absolute atomic E-state index is 12.6. The lowest BCUT2D eigenvalue weighted by Gasteiger charge is -2.17. The second-order valence-corrected chi connectivity index (χ2v) is 6.28. The van der Waals surface area contributed by atoms with Crippen LogP contribution in [-0.4, -0.2) is 17.9 Å². The first-order valence-corrected chi connectivity index (χ1v) is 7.86. The zero-order chi connectivity index (χ0) is 16.6. The molecule has 23 heavy (non-hydrogen) atoms. The zero-order valence-electron chi connectivity index (χ0n) is 12.3. The highest BCUT2D eigenvalue weighted by Crippen LogP contribution is 2.33. The Kier molecular flexibility index (Phi) is 4.28. The van der Waals surface area contributed by atoms with Crippen molar-refractivity contribution in [2.45, 2.75) is 19.4 Å². The molecule has 1 atom stereocenters. The van der Waals surface area contributed by atoms with Gasteiger partial charge in [-0.1, -0.05) is 35.3 Å². The van der Waals surface area contributed by atoms with Crippen LogP contribution in [-0.2, 0) is 9.59 Å². The largest absolute Gasteiger partial charge is 0.373 e. The molecule has 1 aliphatic rings. The van der Waals surface area contributed by atoms with Gasteiger partial charge in [-0.15, -0.1) is 0 Å². The summed E-state index contributed by atoms with van der Waals surface area (Å²) in [4.78, 5) is 26.0. The van der Waals surface area contributed by atoms with Crippen LogP contribution in [0.25, 0.3) is 0 Å². The molecular weight excluding hydrogens is 335 g/mol. The third kappa shape index (κ3) is 3.19. The molecular formula is C17H14Cl2N2O2. The Balaban J connectivity index is 1.85. The number of imide groups is 1. The van der Waals surface area contributed by atoms with Crippen LogP contribution in [0, 0.1) is 6.92 Å². The zero-order valence-corrected chi connectivity index (χ0v) is 13.9. The number of aryl methyl sites for hydroxylation is 1. The maximum atomic E-state index is 12.6. The Bertz CT molecular complexity index is 792. The van der Waals surface area contributed by atoms with Crippen molar-refractivity contribution in [3.63, 3.8) is 0 Å². The number of hydrogen-bond acceptors (Lipinski definition) is 3. The van der Waals surface area contributed by atoms with Gasteiger partial charge in [0.2, 0.25) is 5.91 Å². The average Bonchev–Trinajstić information content (AvgIpc) is 2.74. The van der Waals surface area contributed by atoms with E-state index in [1.165, 1.54) is 6.07 Å². The van der Waals surface area contributed by atoms with Gasteiger partial charge in [0.1, 0.15) is 6.04 Å². The normalized spacial score (nSPS) is 17.7. The molecule has 118 valence electrons. The predicted molar refractivity (Wildman–Crippen MR) is 92.2 cm³/mol. The molecule has 1 heterocycles. The first-order valence-electron chi connectivity index (χ1n) is 7.11. The Morgan fingerprint density at radius 3 is 2.61 bits per heavy atom. The Hall–Kier alpha value is -2.04. The maximum Gasteiger partial charge on any atom is 0.256 e. The summed E-state index contributed by atoms with van der Waals surface area (Å²) in [7, 11) is 0. The van der Waals surface area contributed by atoms with Crippen LogP contribution >= 0.6 is 23.2 Å². The molecule has 0 spiro atoms. The van der Waals surface area contributed by atoms with E-state index in [4.69, 9.17) is 23.2 Å². The predicted octanol–water partition coefficient (Wildman–Crippen LogP) is 4.05. The van der Waals surface area contributed by atoms with Crippen molar-refractivity contribution < 1.29 is 9.59 Å². The molecule has 0 aliphatic carbocycles. The molecule has 2 amide bonds. The van der Waals surface area contributed by atoms with Gasteiger partial charge in [0, 0.05) is 10.7 Å². The number of halogens is 2. The number of carbonyl (C=O) groups is 2. The Morgan fingerprint density at radius 2 is 1.91 bits per heavy atom. The standard InChI is InChI=1S/C17H14Cl2N2O2/c1-10-3-2-4-12(7-10)20-14-9-16(22)21(17(14)23)15-6-5-11(18)8-13(15)19/h2-8,14,20H,9H2,1H3/t14-/m1/s1.